The Morgan fingerprint density at radius 3 is 1.97 bits per heavy atom. The van der Waals surface area contributed by atoms with Gasteiger partial charge in [0.1, 0.15) is 0 Å². The Hall–Kier alpha value is -1.98. The van der Waals surface area contributed by atoms with Crippen molar-refractivity contribution in [2.75, 3.05) is 39.3 Å². The van der Waals surface area contributed by atoms with Crippen LogP contribution in [0.2, 0.25) is 5.02 Å². The van der Waals surface area contributed by atoms with Crippen molar-refractivity contribution in [1.82, 2.24) is 13.5 Å². The molecule has 178 valence electrons. The molecule has 0 unspecified atom stereocenters. The first-order valence-electron chi connectivity index (χ1n) is 10.8. The van der Waals surface area contributed by atoms with E-state index in [9.17, 15) is 21.6 Å². The summed E-state index contributed by atoms with van der Waals surface area (Å²) in [5.74, 6) is -0.569. The van der Waals surface area contributed by atoms with Gasteiger partial charge in [-0.1, -0.05) is 29.8 Å². The minimum Gasteiger partial charge on any atom is -0.340 e. The van der Waals surface area contributed by atoms with Gasteiger partial charge >= 0.3 is 0 Å². The Kier molecular flexibility index (Phi) is 7.11. The van der Waals surface area contributed by atoms with Gasteiger partial charge in [0, 0.05) is 44.3 Å². The van der Waals surface area contributed by atoms with Gasteiger partial charge in [0.25, 0.3) is 0 Å². The zero-order chi connectivity index (χ0) is 23.6. The number of sulfonamides is 2. The molecule has 4 rings (SSSR count). The first-order chi connectivity index (χ1) is 15.7. The molecule has 0 N–H and O–H groups in total. The second kappa shape index (κ2) is 9.71. The van der Waals surface area contributed by atoms with E-state index in [-0.39, 0.29) is 48.4 Å². The molecule has 2 fully saturated rings. The number of rotatable bonds is 5. The summed E-state index contributed by atoms with van der Waals surface area (Å²) in [6.45, 7) is 1.46. The highest BCUT2D eigenvalue weighted by atomic mass is 35.5. The summed E-state index contributed by atoms with van der Waals surface area (Å²) >= 11 is 5.87. The smallest absolute Gasteiger partial charge is 0.243 e. The first-order valence-corrected chi connectivity index (χ1v) is 14.0. The third-order valence-corrected chi connectivity index (χ3v) is 10.2. The van der Waals surface area contributed by atoms with Crippen LogP contribution >= 0.6 is 11.6 Å². The summed E-state index contributed by atoms with van der Waals surface area (Å²) < 4.78 is 54.4. The number of benzene rings is 2. The maximum atomic E-state index is 13.2. The molecule has 0 spiro atoms. The van der Waals surface area contributed by atoms with Crippen LogP contribution in [0.4, 0.5) is 0 Å². The van der Waals surface area contributed by atoms with E-state index in [0.29, 0.717) is 24.4 Å². The zero-order valence-electron chi connectivity index (χ0n) is 18.0. The topological polar surface area (TPSA) is 95.1 Å². The lowest BCUT2D eigenvalue weighted by atomic mass is 9.98. The van der Waals surface area contributed by atoms with E-state index in [0.717, 1.165) is 0 Å². The molecule has 8 nitrogen and oxygen atoms in total. The molecule has 0 bridgehead atoms. The van der Waals surface area contributed by atoms with E-state index < -0.39 is 26.0 Å². The lowest BCUT2D eigenvalue weighted by Gasteiger charge is -2.38. The second-order valence-corrected chi connectivity index (χ2v) is 12.5. The van der Waals surface area contributed by atoms with Crippen LogP contribution in [0.5, 0.6) is 0 Å². The molecule has 2 heterocycles. The average molecular weight is 512 g/mol. The molecule has 1 atom stereocenters. The van der Waals surface area contributed by atoms with E-state index in [4.69, 9.17) is 11.6 Å². The highest BCUT2D eigenvalue weighted by molar-refractivity contribution is 7.89. The minimum atomic E-state index is -3.72. The monoisotopic (exact) mass is 511 g/mol. The van der Waals surface area contributed by atoms with E-state index in [2.05, 4.69) is 0 Å². The third-order valence-electron chi connectivity index (χ3n) is 6.12. The molecule has 0 aromatic heterocycles. The number of piperazine rings is 1. The molecule has 11 heteroatoms. The van der Waals surface area contributed by atoms with Crippen LogP contribution in [-0.2, 0) is 24.8 Å². The Morgan fingerprint density at radius 2 is 1.33 bits per heavy atom. The van der Waals surface area contributed by atoms with Crippen molar-refractivity contribution in [3.8, 4) is 0 Å². The van der Waals surface area contributed by atoms with Gasteiger partial charge in [-0.05, 0) is 49.2 Å². The number of hydrogen-bond acceptors (Lipinski definition) is 5. The van der Waals surface area contributed by atoms with Crippen molar-refractivity contribution in [2.45, 2.75) is 22.6 Å². The zero-order valence-corrected chi connectivity index (χ0v) is 20.4. The van der Waals surface area contributed by atoms with Gasteiger partial charge in [-0.2, -0.15) is 8.61 Å². The molecule has 0 aliphatic carbocycles. The molecular weight excluding hydrogens is 486 g/mol. The number of piperidine rings is 1. The summed E-state index contributed by atoms with van der Waals surface area (Å²) in [5.41, 5.74) is 0. The summed E-state index contributed by atoms with van der Waals surface area (Å²) in [6, 6.07) is 14.2. The Balaban J connectivity index is 1.39. The van der Waals surface area contributed by atoms with Gasteiger partial charge in [0.2, 0.25) is 26.0 Å². The Morgan fingerprint density at radius 1 is 0.758 bits per heavy atom. The van der Waals surface area contributed by atoms with Gasteiger partial charge in [0.05, 0.1) is 15.7 Å². The summed E-state index contributed by atoms with van der Waals surface area (Å²) in [5, 5.41) is 0.453. The van der Waals surface area contributed by atoms with Crippen LogP contribution in [0.1, 0.15) is 12.8 Å². The number of carbonyl (C=O) groups is 1. The average Bonchev–Trinajstić information content (AvgIpc) is 2.84. The molecule has 2 aromatic carbocycles. The van der Waals surface area contributed by atoms with Crippen LogP contribution < -0.4 is 0 Å². The number of amides is 1. The molecule has 0 saturated carbocycles. The van der Waals surface area contributed by atoms with Crippen molar-refractivity contribution in [3.05, 3.63) is 59.6 Å². The number of halogens is 1. The number of nitrogens with zero attached hydrogens (tertiary/aromatic N) is 3. The highest BCUT2D eigenvalue weighted by Crippen LogP contribution is 2.26. The maximum Gasteiger partial charge on any atom is 0.243 e. The molecule has 2 saturated heterocycles. The molecule has 2 aliphatic heterocycles. The van der Waals surface area contributed by atoms with Crippen LogP contribution in [-0.4, -0.2) is 75.5 Å². The van der Waals surface area contributed by atoms with Crippen LogP contribution in [0.15, 0.2) is 64.4 Å². The van der Waals surface area contributed by atoms with Crippen molar-refractivity contribution >= 4 is 37.6 Å². The fourth-order valence-corrected chi connectivity index (χ4v) is 7.36. The normalized spacial score (nSPS) is 21.1. The first kappa shape index (κ1) is 24.2. The van der Waals surface area contributed by atoms with Crippen LogP contribution in [0, 0.1) is 5.92 Å². The summed E-state index contributed by atoms with van der Waals surface area (Å²) in [7, 11) is -7.32. The van der Waals surface area contributed by atoms with Gasteiger partial charge in [-0.25, -0.2) is 16.8 Å². The van der Waals surface area contributed by atoms with E-state index in [1.807, 2.05) is 0 Å². The largest absolute Gasteiger partial charge is 0.340 e. The van der Waals surface area contributed by atoms with E-state index in [1.54, 1.807) is 35.2 Å². The molecule has 0 radical (unpaired) electrons. The summed E-state index contributed by atoms with van der Waals surface area (Å²) in [4.78, 5) is 15.2. The Labute approximate surface area is 199 Å². The molecule has 2 aliphatic rings. The van der Waals surface area contributed by atoms with E-state index >= 15 is 0 Å². The van der Waals surface area contributed by atoms with Crippen LogP contribution in [0.3, 0.4) is 0 Å². The number of carbonyl (C=O) groups excluding carboxylic acids is 1. The van der Waals surface area contributed by atoms with Crippen LogP contribution in [0.25, 0.3) is 0 Å². The van der Waals surface area contributed by atoms with Gasteiger partial charge in [0.15, 0.2) is 0 Å². The Bertz CT molecular complexity index is 1200. The molecule has 33 heavy (non-hydrogen) atoms. The fraction of sp³-hybridized carbons (Fsp3) is 0.409. The van der Waals surface area contributed by atoms with E-state index in [1.165, 1.54) is 32.9 Å². The van der Waals surface area contributed by atoms with Crippen molar-refractivity contribution in [3.63, 3.8) is 0 Å². The fourth-order valence-electron chi connectivity index (χ4n) is 4.27. The standard InChI is InChI=1S/C22H26ClN3O5S2/c23-19-8-10-21(11-9-19)33(30,31)26-12-4-5-18(17-26)22(27)24-13-15-25(16-14-24)32(28,29)20-6-2-1-3-7-20/h1-3,6-11,18H,4-5,12-17H2/t18-/m0/s1. The second-order valence-electron chi connectivity index (χ2n) is 8.20. The van der Waals surface area contributed by atoms with Crippen molar-refractivity contribution < 1.29 is 21.6 Å². The lowest BCUT2D eigenvalue weighted by Crippen LogP contribution is -2.54. The minimum absolute atomic E-state index is 0.117. The van der Waals surface area contributed by atoms with Crippen molar-refractivity contribution in [1.29, 1.82) is 0 Å². The molecule has 2 aromatic rings. The van der Waals surface area contributed by atoms with Gasteiger partial charge < -0.3 is 4.90 Å². The predicted octanol–water partition coefficient (Wildman–Crippen LogP) is 2.27. The third kappa shape index (κ3) is 5.09. The lowest BCUT2D eigenvalue weighted by molar-refractivity contribution is -0.137. The van der Waals surface area contributed by atoms with Gasteiger partial charge in [-0.3, -0.25) is 4.79 Å². The highest BCUT2D eigenvalue weighted by Gasteiger charge is 2.37. The van der Waals surface area contributed by atoms with Gasteiger partial charge in [-0.15, -0.1) is 0 Å². The predicted molar refractivity (Wildman–Crippen MR) is 125 cm³/mol. The molecule has 1 amide bonds. The SMILES string of the molecule is O=C([C@H]1CCCN(S(=O)(=O)c2ccc(Cl)cc2)C1)N1CCN(S(=O)(=O)c2ccccc2)CC1. The molecular formula is C22H26ClN3O5S2. The van der Waals surface area contributed by atoms with Crippen molar-refractivity contribution in [2.24, 2.45) is 5.92 Å². The quantitative estimate of drug-likeness (QED) is 0.613. The summed E-state index contributed by atoms with van der Waals surface area (Å²) in [6.07, 6.45) is 1.19. The number of hydrogen-bond donors (Lipinski definition) is 0. The maximum absolute atomic E-state index is 13.2.